The fraction of sp³-hybridized carbons (Fsp3) is 0.297. The van der Waals surface area contributed by atoms with Crippen molar-refractivity contribution in [2.24, 2.45) is 0 Å². The standard InChI is InChI=1S/C37H34ClF5N2O5S/c1-20-13-24(36(47)48)9-12-28(20)45(18-22-14-25(23-7-8-23)16-26(15-22)37(2,3)4)29(46)19-44(17-21-5-10-27(38)11-6-21)51(49,50)35-33(42)31(40)30(39)32(41)34(35)43/h5-6,9-16,23H,7-8,17-19H2,1-4H3,(H,47,48). The van der Waals surface area contributed by atoms with Crippen molar-refractivity contribution in [1.29, 1.82) is 0 Å². The number of aryl methyl sites for hydroxylation is 1. The zero-order chi connectivity index (χ0) is 37.6. The summed E-state index contributed by atoms with van der Waals surface area (Å²) in [4.78, 5) is 25.2. The van der Waals surface area contributed by atoms with E-state index in [0.717, 1.165) is 24.0 Å². The van der Waals surface area contributed by atoms with Gasteiger partial charge in [0.05, 0.1) is 18.7 Å². The number of halogens is 6. The molecule has 0 bridgehead atoms. The number of anilines is 1. The van der Waals surface area contributed by atoms with Gasteiger partial charge in [-0.15, -0.1) is 0 Å². The first-order valence-corrected chi connectivity index (χ1v) is 17.7. The van der Waals surface area contributed by atoms with Gasteiger partial charge in [0.2, 0.25) is 21.7 Å². The van der Waals surface area contributed by atoms with Gasteiger partial charge < -0.3 is 10.0 Å². The van der Waals surface area contributed by atoms with Crippen LogP contribution in [0.1, 0.15) is 77.7 Å². The molecule has 0 heterocycles. The van der Waals surface area contributed by atoms with Crippen LogP contribution in [-0.4, -0.2) is 36.3 Å². The highest BCUT2D eigenvalue weighted by atomic mass is 35.5. The second-order valence-electron chi connectivity index (χ2n) is 13.6. The Morgan fingerprint density at radius 3 is 1.94 bits per heavy atom. The fourth-order valence-electron chi connectivity index (χ4n) is 5.67. The summed E-state index contributed by atoms with van der Waals surface area (Å²) in [6, 6.07) is 15.5. The zero-order valence-electron chi connectivity index (χ0n) is 28.0. The molecule has 1 saturated carbocycles. The van der Waals surface area contributed by atoms with Crippen LogP contribution < -0.4 is 4.90 Å². The highest BCUT2D eigenvalue weighted by molar-refractivity contribution is 7.89. The van der Waals surface area contributed by atoms with Gasteiger partial charge in [0.25, 0.3) is 0 Å². The molecular formula is C37H34ClF5N2O5S. The predicted molar refractivity (Wildman–Crippen MR) is 182 cm³/mol. The van der Waals surface area contributed by atoms with Crippen LogP contribution >= 0.6 is 11.6 Å². The van der Waals surface area contributed by atoms with Crippen LogP contribution in [0, 0.1) is 36.0 Å². The number of carbonyl (C=O) groups excluding carboxylic acids is 1. The van der Waals surface area contributed by atoms with Crippen LogP contribution in [0.5, 0.6) is 0 Å². The summed E-state index contributed by atoms with van der Waals surface area (Å²) in [6.45, 7) is 5.67. The minimum absolute atomic E-state index is 0.0762. The summed E-state index contributed by atoms with van der Waals surface area (Å²) >= 11 is 5.97. The summed E-state index contributed by atoms with van der Waals surface area (Å²) in [5, 5.41) is 9.82. The van der Waals surface area contributed by atoms with Crippen molar-refractivity contribution < 1.29 is 45.1 Å². The number of nitrogens with zero attached hydrogens (tertiary/aromatic N) is 2. The molecule has 1 aliphatic rings. The quantitative estimate of drug-likeness (QED) is 0.0942. The number of benzene rings is 4. The molecule has 1 aliphatic carbocycles. The summed E-state index contributed by atoms with van der Waals surface area (Å²) in [5.41, 5.74) is 3.07. The van der Waals surface area contributed by atoms with Gasteiger partial charge in [-0.3, -0.25) is 4.79 Å². The minimum Gasteiger partial charge on any atom is -0.478 e. The Kier molecular flexibility index (Phi) is 10.7. The molecule has 1 amide bonds. The van der Waals surface area contributed by atoms with Crippen LogP contribution in [0.4, 0.5) is 27.6 Å². The Balaban J connectivity index is 1.64. The summed E-state index contributed by atoms with van der Waals surface area (Å²) in [5.74, 6) is -14.5. The van der Waals surface area contributed by atoms with Gasteiger partial charge in [0.1, 0.15) is 0 Å². The minimum atomic E-state index is -5.60. The second kappa shape index (κ2) is 14.4. The smallest absolute Gasteiger partial charge is 0.335 e. The molecule has 0 unspecified atom stereocenters. The van der Waals surface area contributed by atoms with Crippen LogP contribution in [0.2, 0.25) is 5.02 Å². The van der Waals surface area contributed by atoms with Crippen molar-refractivity contribution in [2.45, 2.75) is 69.9 Å². The van der Waals surface area contributed by atoms with E-state index in [-0.39, 0.29) is 33.8 Å². The third kappa shape index (κ3) is 8.10. The van der Waals surface area contributed by atoms with E-state index in [0.29, 0.717) is 21.4 Å². The van der Waals surface area contributed by atoms with E-state index in [1.165, 1.54) is 47.4 Å². The Hall–Kier alpha value is -4.33. The Morgan fingerprint density at radius 2 is 1.41 bits per heavy atom. The number of carbonyl (C=O) groups is 2. The van der Waals surface area contributed by atoms with E-state index in [9.17, 15) is 36.3 Å². The molecule has 1 fully saturated rings. The topological polar surface area (TPSA) is 95.0 Å². The number of carboxylic acid groups (broad SMARTS) is 1. The van der Waals surface area contributed by atoms with Crippen molar-refractivity contribution in [3.8, 4) is 0 Å². The van der Waals surface area contributed by atoms with E-state index >= 15 is 8.78 Å². The van der Waals surface area contributed by atoms with Gasteiger partial charge in [0.15, 0.2) is 28.2 Å². The number of carboxylic acids is 1. The van der Waals surface area contributed by atoms with Crippen molar-refractivity contribution in [2.75, 3.05) is 11.4 Å². The van der Waals surface area contributed by atoms with E-state index in [2.05, 4.69) is 6.07 Å². The Bertz CT molecular complexity index is 2110. The summed E-state index contributed by atoms with van der Waals surface area (Å²) in [7, 11) is -5.60. The van der Waals surface area contributed by atoms with Gasteiger partial charge in [0, 0.05) is 17.3 Å². The molecule has 51 heavy (non-hydrogen) atoms. The maximum atomic E-state index is 15.0. The van der Waals surface area contributed by atoms with Gasteiger partial charge in [-0.25, -0.2) is 35.2 Å². The van der Waals surface area contributed by atoms with Crippen molar-refractivity contribution >= 4 is 39.2 Å². The van der Waals surface area contributed by atoms with E-state index in [1.54, 1.807) is 6.92 Å². The molecule has 0 radical (unpaired) electrons. The third-order valence-corrected chi connectivity index (χ3v) is 10.7. The van der Waals surface area contributed by atoms with Crippen LogP contribution in [0.3, 0.4) is 0 Å². The lowest BCUT2D eigenvalue weighted by Gasteiger charge is -2.30. The zero-order valence-corrected chi connectivity index (χ0v) is 29.6. The molecule has 14 heteroatoms. The normalized spacial score (nSPS) is 13.5. The van der Waals surface area contributed by atoms with Gasteiger partial charge >= 0.3 is 5.97 Å². The average molecular weight is 749 g/mol. The first-order valence-electron chi connectivity index (χ1n) is 15.8. The molecule has 270 valence electrons. The third-order valence-electron chi connectivity index (χ3n) is 8.66. The largest absolute Gasteiger partial charge is 0.478 e. The van der Waals surface area contributed by atoms with E-state index in [4.69, 9.17) is 11.6 Å². The lowest BCUT2D eigenvalue weighted by molar-refractivity contribution is -0.119. The molecule has 4 aromatic carbocycles. The highest BCUT2D eigenvalue weighted by Gasteiger charge is 2.39. The number of hydrogen-bond acceptors (Lipinski definition) is 4. The molecule has 0 aromatic heterocycles. The molecule has 4 aromatic rings. The van der Waals surface area contributed by atoms with Gasteiger partial charge in [-0.05, 0) is 89.2 Å². The molecule has 0 spiro atoms. The summed E-state index contributed by atoms with van der Waals surface area (Å²) < 4.78 is 101. The molecule has 0 atom stereocenters. The van der Waals surface area contributed by atoms with Crippen molar-refractivity contribution in [1.82, 2.24) is 4.31 Å². The Morgan fingerprint density at radius 1 is 0.824 bits per heavy atom. The van der Waals surface area contributed by atoms with E-state index < -0.39 is 69.0 Å². The number of hydrogen-bond donors (Lipinski definition) is 1. The maximum absolute atomic E-state index is 15.0. The first-order chi connectivity index (χ1) is 23.8. The van der Waals surface area contributed by atoms with Crippen molar-refractivity contribution in [3.05, 3.63) is 128 Å². The fourth-order valence-corrected chi connectivity index (χ4v) is 7.29. The van der Waals surface area contributed by atoms with Crippen LogP contribution in [0.15, 0.2) is 65.6 Å². The number of aromatic carboxylic acids is 1. The second-order valence-corrected chi connectivity index (χ2v) is 15.9. The van der Waals surface area contributed by atoms with Crippen molar-refractivity contribution in [3.63, 3.8) is 0 Å². The molecule has 5 rings (SSSR count). The average Bonchev–Trinajstić information content (AvgIpc) is 3.91. The number of rotatable bonds is 11. The molecular weight excluding hydrogens is 715 g/mol. The van der Waals surface area contributed by atoms with E-state index in [1.807, 2.05) is 32.9 Å². The SMILES string of the molecule is Cc1cc(C(=O)O)ccc1N(Cc1cc(C2CC2)cc(C(C)(C)C)c1)C(=O)CN(Cc1ccc(Cl)cc1)S(=O)(=O)c1c(F)c(F)c(F)c(F)c1F. The molecule has 0 aliphatic heterocycles. The monoisotopic (exact) mass is 748 g/mol. The maximum Gasteiger partial charge on any atom is 0.335 e. The van der Waals surface area contributed by atoms with Gasteiger partial charge in [-0.2, -0.15) is 4.31 Å². The highest BCUT2D eigenvalue weighted by Crippen LogP contribution is 2.42. The first kappa shape index (κ1) is 37.9. The molecule has 0 saturated heterocycles. The summed E-state index contributed by atoms with van der Waals surface area (Å²) in [6.07, 6.45) is 1.97. The van der Waals surface area contributed by atoms with Crippen LogP contribution in [-0.2, 0) is 33.3 Å². The lowest BCUT2D eigenvalue weighted by Crippen LogP contribution is -2.43. The van der Waals surface area contributed by atoms with Crippen LogP contribution in [0.25, 0.3) is 0 Å². The number of amides is 1. The Labute approximate surface area is 297 Å². The molecule has 7 nitrogen and oxygen atoms in total. The lowest BCUT2D eigenvalue weighted by atomic mass is 9.84. The predicted octanol–water partition coefficient (Wildman–Crippen LogP) is 8.64. The molecule has 1 N–H and O–H groups in total. The van der Waals surface area contributed by atoms with Gasteiger partial charge in [-0.1, -0.05) is 62.7 Å². The number of sulfonamides is 1.